The zero-order valence-electron chi connectivity index (χ0n) is 8.84. The van der Waals surface area contributed by atoms with Gasteiger partial charge in [-0.2, -0.15) is 8.42 Å². The van der Waals surface area contributed by atoms with Gasteiger partial charge in [0.1, 0.15) is 0 Å². The van der Waals surface area contributed by atoms with Gasteiger partial charge in [0.05, 0.1) is 4.90 Å². The Morgan fingerprint density at radius 1 is 1.21 bits per heavy atom. The minimum absolute atomic E-state index is 0. The zero-order chi connectivity index (χ0) is 9.90. The molecule has 2 N–H and O–H groups in total. The zero-order valence-corrected chi connectivity index (χ0v) is 10.7. The molecule has 1 rings (SSSR count). The Bertz CT molecular complexity index is 376. The fourth-order valence-corrected chi connectivity index (χ4v) is 1.44. The molecular weight excluding hydrogens is 215 g/mol. The first-order valence-corrected chi connectivity index (χ1v) is 5.15. The minimum atomic E-state index is -4.10. The Kier molecular flexibility index (Phi) is 5.88. The molecule has 0 atom stereocenters. The molecule has 0 aromatic heterocycles. The molecule has 0 saturated carbocycles. The van der Waals surface area contributed by atoms with E-state index in [4.69, 9.17) is 9.66 Å². The maximum Gasteiger partial charge on any atom is 1.00 e. The van der Waals surface area contributed by atoms with E-state index >= 15 is 0 Å². The second kappa shape index (κ2) is 5.85. The number of hydrogen-bond acceptors (Lipinski definition) is 3. The number of aliphatic hydroxyl groups excluding tert-OH is 1. The van der Waals surface area contributed by atoms with E-state index in [9.17, 15) is 8.42 Å². The van der Waals surface area contributed by atoms with Crippen molar-refractivity contribution in [3.05, 3.63) is 29.8 Å². The molecule has 1 aromatic carbocycles. The van der Waals surface area contributed by atoms with Crippen molar-refractivity contribution in [1.29, 1.82) is 0 Å². The summed E-state index contributed by atoms with van der Waals surface area (Å²) in [6, 6.07) is 5.72. The van der Waals surface area contributed by atoms with E-state index in [2.05, 4.69) is 0 Å². The van der Waals surface area contributed by atoms with Crippen molar-refractivity contribution in [3.63, 3.8) is 0 Å². The molecule has 6 heteroatoms. The van der Waals surface area contributed by atoms with Crippen LogP contribution in [0.15, 0.2) is 29.2 Å². The first kappa shape index (κ1) is 14.1. The molecular formula is C8H11NaO4S. The predicted molar refractivity (Wildman–Crippen MR) is 48.2 cm³/mol. The summed E-state index contributed by atoms with van der Waals surface area (Å²) in [5, 5.41) is 8.58. The standard InChI is InChI=1S/C8H10O4S.Na.H/c9-6-5-7-1-3-8(4-2-7)13(10,11)12;;/h1-4,9H,5-6H2,(H,10,11,12);;/q;+1;-1. The molecule has 14 heavy (non-hydrogen) atoms. The molecule has 0 amide bonds. The Hall–Kier alpha value is 0.0900. The van der Waals surface area contributed by atoms with Crippen molar-refractivity contribution in [1.82, 2.24) is 0 Å². The van der Waals surface area contributed by atoms with Crippen LogP contribution in [0, 0.1) is 0 Å². The number of aliphatic hydroxyl groups is 1. The van der Waals surface area contributed by atoms with Gasteiger partial charge in [-0.05, 0) is 24.1 Å². The van der Waals surface area contributed by atoms with Gasteiger partial charge in [0.15, 0.2) is 0 Å². The topological polar surface area (TPSA) is 74.6 Å². The van der Waals surface area contributed by atoms with E-state index in [0.29, 0.717) is 6.42 Å². The summed E-state index contributed by atoms with van der Waals surface area (Å²) in [6.07, 6.45) is 0.478. The normalized spacial score (nSPS) is 10.7. The minimum Gasteiger partial charge on any atom is -1.00 e. The van der Waals surface area contributed by atoms with E-state index in [1.54, 1.807) is 12.1 Å². The van der Waals surface area contributed by atoms with Crippen molar-refractivity contribution in [2.75, 3.05) is 6.61 Å². The van der Waals surface area contributed by atoms with Crippen LogP contribution in [0.3, 0.4) is 0 Å². The number of hydrogen-bond donors (Lipinski definition) is 2. The summed E-state index contributed by atoms with van der Waals surface area (Å²) in [4.78, 5) is -0.130. The second-order valence-electron chi connectivity index (χ2n) is 2.59. The molecule has 0 bridgehead atoms. The quantitative estimate of drug-likeness (QED) is 0.444. The average Bonchev–Trinajstić information content (AvgIpc) is 2.04. The predicted octanol–water partition coefficient (Wildman–Crippen LogP) is -2.42. The molecule has 0 heterocycles. The summed E-state index contributed by atoms with van der Waals surface area (Å²) in [7, 11) is -4.10. The van der Waals surface area contributed by atoms with Crippen molar-refractivity contribution in [2.24, 2.45) is 0 Å². The van der Waals surface area contributed by atoms with Crippen LogP contribution in [0.1, 0.15) is 6.99 Å². The van der Waals surface area contributed by atoms with Gasteiger partial charge in [0.25, 0.3) is 10.1 Å². The maximum atomic E-state index is 10.6. The van der Waals surface area contributed by atoms with E-state index in [-0.39, 0.29) is 42.5 Å². The van der Waals surface area contributed by atoms with Gasteiger partial charge < -0.3 is 6.53 Å². The van der Waals surface area contributed by atoms with Crippen molar-refractivity contribution in [3.8, 4) is 0 Å². The first-order chi connectivity index (χ1) is 6.04. The first-order valence-electron chi connectivity index (χ1n) is 3.71. The van der Waals surface area contributed by atoms with E-state index < -0.39 is 10.1 Å². The summed E-state index contributed by atoms with van der Waals surface area (Å²) in [5.41, 5.74) is 0.829. The Morgan fingerprint density at radius 2 is 1.71 bits per heavy atom. The van der Waals surface area contributed by atoms with Crippen LogP contribution >= 0.6 is 0 Å². The molecule has 0 unspecified atom stereocenters. The van der Waals surface area contributed by atoms with Gasteiger partial charge in [-0.25, -0.2) is 0 Å². The van der Waals surface area contributed by atoms with Gasteiger partial charge in [-0.3, -0.25) is 4.55 Å². The van der Waals surface area contributed by atoms with Crippen LogP contribution in [0.4, 0.5) is 0 Å². The molecule has 0 aliphatic carbocycles. The summed E-state index contributed by atoms with van der Waals surface area (Å²) >= 11 is 0. The Balaban J connectivity index is 0. The molecule has 1 aromatic rings. The number of rotatable bonds is 3. The molecule has 0 saturated heterocycles. The summed E-state index contributed by atoms with van der Waals surface area (Å²) in [6.45, 7) is 0.0191. The second-order valence-corrected chi connectivity index (χ2v) is 4.01. The van der Waals surface area contributed by atoms with Crippen molar-refractivity contribution < 1.29 is 49.1 Å². The fraction of sp³-hybridized carbons (Fsp3) is 0.250. The van der Waals surface area contributed by atoms with Gasteiger partial charge in [-0.15, -0.1) is 0 Å². The molecule has 0 spiro atoms. The van der Waals surface area contributed by atoms with Crippen LogP contribution in [0.2, 0.25) is 0 Å². The van der Waals surface area contributed by atoms with Crippen LogP contribution in [-0.4, -0.2) is 24.7 Å². The molecule has 0 aliphatic heterocycles. The van der Waals surface area contributed by atoms with E-state index in [1.807, 2.05) is 0 Å². The monoisotopic (exact) mass is 226 g/mol. The van der Waals surface area contributed by atoms with Gasteiger partial charge in [-0.1, -0.05) is 12.1 Å². The fourth-order valence-electron chi connectivity index (χ4n) is 0.957. The smallest absolute Gasteiger partial charge is 1.00 e. The van der Waals surface area contributed by atoms with E-state index in [0.717, 1.165) is 5.56 Å². The van der Waals surface area contributed by atoms with Crippen LogP contribution < -0.4 is 29.6 Å². The third kappa shape index (κ3) is 4.08. The van der Waals surface area contributed by atoms with Crippen LogP contribution in [0.5, 0.6) is 0 Å². The Labute approximate surface area is 106 Å². The van der Waals surface area contributed by atoms with Crippen molar-refractivity contribution >= 4 is 10.1 Å². The molecule has 0 radical (unpaired) electrons. The van der Waals surface area contributed by atoms with Gasteiger partial charge in [0, 0.05) is 6.61 Å². The van der Waals surface area contributed by atoms with E-state index in [1.165, 1.54) is 12.1 Å². The third-order valence-corrected chi connectivity index (χ3v) is 2.49. The number of benzene rings is 1. The van der Waals surface area contributed by atoms with Gasteiger partial charge >= 0.3 is 29.6 Å². The Morgan fingerprint density at radius 3 is 2.07 bits per heavy atom. The molecule has 0 aliphatic rings. The molecule has 74 valence electrons. The van der Waals surface area contributed by atoms with Gasteiger partial charge in [0.2, 0.25) is 0 Å². The average molecular weight is 226 g/mol. The SMILES string of the molecule is O=S(=O)(O)c1ccc(CCO)cc1.[H-].[Na+]. The largest absolute Gasteiger partial charge is 1.00 e. The molecule has 0 fully saturated rings. The third-order valence-electron chi connectivity index (χ3n) is 1.62. The molecule has 4 nitrogen and oxygen atoms in total. The summed E-state index contributed by atoms with van der Waals surface area (Å²) in [5.74, 6) is 0. The van der Waals surface area contributed by atoms with Crippen LogP contribution in [-0.2, 0) is 16.5 Å². The van der Waals surface area contributed by atoms with Crippen molar-refractivity contribution in [2.45, 2.75) is 11.3 Å². The maximum absolute atomic E-state index is 10.6. The summed E-state index contributed by atoms with van der Waals surface area (Å²) < 4.78 is 29.8. The van der Waals surface area contributed by atoms with Crippen LogP contribution in [0.25, 0.3) is 0 Å².